The van der Waals surface area contributed by atoms with Crippen LogP contribution >= 0.6 is 23.1 Å². The molecule has 0 radical (unpaired) electrons. The van der Waals surface area contributed by atoms with Gasteiger partial charge in [-0.05, 0) is 101 Å². The van der Waals surface area contributed by atoms with Gasteiger partial charge in [0.15, 0.2) is 0 Å². The van der Waals surface area contributed by atoms with Crippen molar-refractivity contribution in [1.29, 1.82) is 0 Å². The lowest BCUT2D eigenvalue weighted by atomic mass is 9.97. The molecule has 0 spiro atoms. The first-order valence-electron chi connectivity index (χ1n) is 18.6. The first-order chi connectivity index (χ1) is 26.7. The van der Waals surface area contributed by atoms with Crippen molar-refractivity contribution in [1.82, 2.24) is 10.7 Å². The number of ether oxygens (including phenoxy) is 3. The van der Waals surface area contributed by atoms with Gasteiger partial charge in [-0.15, -0.1) is 23.1 Å². The number of aryl methyl sites for hydroxylation is 1. The highest BCUT2D eigenvalue weighted by Gasteiger charge is 2.26. The third-order valence-electron chi connectivity index (χ3n) is 7.90. The molecule has 1 heterocycles. The molecule has 1 aromatic heterocycles. The summed E-state index contributed by atoms with van der Waals surface area (Å²) in [5.41, 5.74) is 4.00. The molecular formula is C39H55N5O9S3Si. The minimum Gasteiger partial charge on any atom is -0.466 e. The normalized spacial score (nSPS) is 11.9. The number of thioether (sulfide) groups is 1. The number of sulfone groups is 1. The number of nitrogens with one attached hydrogen (secondary N) is 4. The standard InChI is InChI=1S/C39H55N5O9S3Si/c1-10-51-33(45)17-12-11-13-18-40-36(46)43-31-23-28(42-37(47)52-19-20-57(7,8)9)21-26(2)34(31)27-15-14-16-30(22-27)56(49,50)32-24-29(55-35(32)54-6)25-41-44-38(48)53-39(3,4)5/h14-16,21-25H,10-13,17-20H2,1-9H3,(H,42,47)(H,44,48)(H2,40,43,46). The van der Waals surface area contributed by atoms with E-state index in [0.29, 0.717) is 76.0 Å². The lowest BCUT2D eigenvalue weighted by Crippen LogP contribution is -2.30. The van der Waals surface area contributed by atoms with Crippen LogP contribution in [-0.2, 0) is 28.8 Å². The highest BCUT2D eigenvalue weighted by Crippen LogP contribution is 2.39. The van der Waals surface area contributed by atoms with Crippen LogP contribution in [0.2, 0.25) is 25.7 Å². The van der Waals surface area contributed by atoms with E-state index in [9.17, 15) is 27.6 Å². The Bertz CT molecular complexity index is 2020. The van der Waals surface area contributed by atoms with Gasteiger partial charge in [-0.25, -0.2) is 28.2 Å². The van der Waals surface area contributed by atoms with Crippen LogP contribution in [-0.4, -0.2) is 78.5 Å². The van der Waals surface area contributed by atoms with Gasteiger partial charge in [-0.2, -0.15) is 5.10 Å². The second-order valence-electron chi connectivity index (χ2n) is 15.2. The van der Waals surface area contributed by atoms with Crippen molar-refractivity contribution in [3.8, 4) is 11.1 Å². The zero-order valence-electron chi connectivity index (χ0n) is 34.1. The number of nitrogens with zero attached hydrogens (tertiary/aromatic N) is 1. The summed E-state index contributed by atoms with van der Waals surface area (Å²) in [5.74, 6) is -0.250. The number of carbonyl (C=O) groups is 4. The average Bonchev–Trinajstić information content (AvgIpc) is 3.52. The molecule has 0 saturated carbocycles. The van der Waals surface area contributed by atoms with Crippen molar-refractivity contribution in [3.05, 3.63) is 52.9 Å². The van der Waals surface area contributed by atoms with E-state index in [1.54, 1.807) is 71.2 Å². The summed E-state index contributed by atoms with van der Waals surface area (Å²) in [4.78, 5) is 50.2. The van der Waals surface area contributed by atoms with Crippen LogP contribution in [0.3, 0.4) is 0 Å². The van der Waals surface area contributed by atoms with E-state index in [4.69, 9.17) is 14.2 Å². The molecule has 4 N–H and O–H groups in total. The number of hydrogen-bond acceptors (Lipinski definition) is 12. The minimum atomic E-state index is -4.06. The van der Waals surface area contributed by atoms with E-state index in [1.807, 2.05) is 0 Å². The van der Waals surface area contributed by atoms with Crippen molar-refractivity contribution >= 4 is 82.8 Å². The van der Waals surface area contributed by atoms with Crippen LogP contribution in [0, 0.1) is 6.92 Å². The Hall–Kier alpha value is -4.39. The van der Waals surface area contributed by atoms with Gasteiger partial charge in [0.25, 0.3) is 0 Å². The topological polar surface area (TPSA) is 191 Å². The largest absolute Gasteiger partial charge is 0.466 e. The summed E-state index contributed by atoms with van der Waals surface area (Å²) in [7, 11) is -5.49. The van der Waals surface area contributed by atoms with E-state index < -0.39 is 41.7 Å². The Morgan fingerprint density at radius 3 is 2.37 bits per heavy atom. The molecule has 4 amide bonds. The second-order valence-corrected chi connectivity index (χ2v) is 24.9. The lowest BCUT2D eigenvalue weighted by Gasteiger charge is -2.19. The van der Waals surface area contributed by atoms with Gasteiger partial charge in [-0.1, -0.05) is 38.2 Å². The molecule has 14 nitrogen and oxygen atoms in total. The number of urea groups is 1. The first-order valence-corrected chi connectivity index (χ1v) is 25.8. The Morgan fingerprint density at radius 1 is 0.965 bits per heavy atom. The van der Waals surface area contributed by atoms with Crippen molar-refractivity contribution in [2.75, 3.05) is 36.6 Å². The average molecular weight is 862 g/mol. The fourth-order valence-corrected chi connectivity index (χ4v) is 9.94. The summed E-state index contributed by atoms with van der Waals surface area (Å²) in [6.45, 7) is 16.3. The first kappa shape index (κ1) is 47.0. The molecule has 312 valence electrons. The van der Waals surface area contributed by atoms with E-state index in [2.05, 4.69) is 46.1 Å². The molecule has 0 unspecified atom stereocenters. The van der Waals surface area contributed by atoms with E-state index >= 15 is 0 Å². The number of rotatable bonds is 18. The number of hydrogen-bond donors (Lipinski definition) is 4. The van der Waals surface area contributed by atoms with Crippen LogP contribution in [0.25, 0.3) is 11.1 Å². The van der Waals surface area contributed by atoms with Gasteiger partial charge in [0.2, 0.25) is 9.84 Å². The number of thiophene rings is 1. The molecule has 0 aliphatic rings. The van der Waals surface area contributed by atoms with Gasteiger partial charge in [0.05, 0.1) is 39.1 Å². The smallest absolute Gasteiger partial charge is 0.428 e. The monoisotopic (exact) mass is 861 g/mol. The van der Waals surface area contributed by atoms with Gasteiger partial charge in [0, 0.05) is 37.2 Å². The molecule has 0 fully saturated rings. The Kier molecular flexibility index (Phi) is 17.6. The third-order valence-corrected chi connectivity index (χ3v) is 13.8. The van der Waals surface area contributed by atoms with Crippen LogP contribution in [0.15, 0.2) is 61.6 Å². The summed E-state index contributed by atoms with van der Waals surface area (Å²) < 4.78 is 44.5. The maximum Gasteiger partial charge on any atom is 0.428 e. The van der Waals surface area contributed by atoms with Crippen LogP contribution in [0.4, 0.5) is 25.8 Å². The lowest BCUT2D eigenvalue weighted by molar-refractivity contribution is -0.143. The highest BCUT2D eigenvalue weighted by atomic mass is 32.2. The minimum absolute atomic E-state index is 0.0225. The molecule has 3 aromatic rings. The second kappa shape index (κ2) is 21.4. The zero-order chi connectivity index (χ0) is 42.4. The van der Waals surface area contributed by atoms with Gasteiger partial charge < -0.3 is 24.8 Å². The molecule has 0 atom stereocenters. The quantitative estimate of drug-likeness (QED) is 0.0182. The van der Waals surface area contributed by atoms with Crippen molar-refractivity contribution in [3.63, 3.8) is 0 Å². The fraction of sp³-hybridized carbons (Fsp3) is 0.462. The number of benzene rings is 2. The van der Waals surface area contributed by atoms with Gasteiger partial charge in [0.1, 0.15) is 5.60 Å². The number of unbranched alkanes of at least 4 members (excludes halogenated alkanes) is 2. The summed E-state index contributed by atoms with van der Waals surface area (Å²) in [5, 5.41) is 12.4. The summed E-state index contributed by atoms with van der Waals surface area (Å²) >= 11 is 2.48. The molecule has 0 bridgehead atoms. The number of hydrazone groups is 1. The molecule has 3 rings (SSSR count). The summed E-state index contributed by atoms with van der Waals surface area (Å²) in [6, 6.07) is 11.5. The van der Waals surface area contributed by atoms with Crippen LogP contribution < -0.4 is 21.4 Å². The SMILES string of the molecule is CCOC(=O)CCCCCNC(=O)Nc1cc(NC(=O)OCC[Si](C)(C)C)cc(C)c1-c1cccc(S(=O)(=O)c2cc(C=NNC(=O)OC(C)(C)C)sc2SC)c1. The highest BCUT2D eigenvalue weighted by molar-refractivity contribution is 8.01. The van der Waals surface area contributed by atoms with Crippen LogP contribution in [0.5, 0.6) is 0 Å². The Labute approximate surface area is 345 Å². The number of anilines is 2. The Morgan fingerprint density at radius 2 is 1.70 bits per heavy atom. The molecular weight excluding hydrogens is 807 g/mol. The maximum absolute atomic E-state index is 14.2. The van der Waals surface area contributed by atoms with E-state index in [1.165, 1.54) is 41.4 Å². The Balaban J connectivity index is 1.91. The molecule has 57 heavy (non-hydrogen) atoms. The molecule has 0 saturated heterocycles. The molecule has 0 aliphatic carbocycles. The van der Waals surface area contributed by atoms with Crippen LogP contribution in [0.1, 0.15) is 63.8 Å². The predicted octanol–water partition coefficient (Wildman–Crippen LogP) is 9.27. The van der Waals surface area contributed by atoms with E-state index in [-0.39, 0.29) is 22.4 Å². The fourth-order valence-electron chi connectivity index (χ4n) is 5.28. The van der Waals surface area contributed by atoms with E-state index in [0.717, 1.165) is 6.04 Å². The number of amides is 4. The van der Waals surface area contributed by atoms with Crippen molar-refractivity contribution < 1.29 is 41.8 Å². The predicted molar refractivity (Wildman–Crippen MR) is 230 cm³/mol. The number of carbonyl (C=O) groups excluding carboxylic acids is 4. The molecule has 2 aromatic carbocycles. The summed E-state index contributed by atoms with van der Waals surface area (Å²) in [6.07, 6.45) is 4.06. The van der Waals surface area contributed by atoms with Gasteiger partial charge >= 0.3 is 24.2 Å². The third kappa shape index (κ3) is 15.8. The van der Waals surface area contributed by atoms with Crippen molar-refractivity contribution in [2.24, 2.45) is 5.10 Å². The molecule has 18 heteroatoms. The number of esters is 1. The van der Waals surface area contributed by atoms with Gasteiger partial charge in [-0.3, -0.25) is 10.1 Å². The van der Waals surface area contributed by atoms with Crippen molar-refractivity contribution in [2.45, 2.75) is 106 Å². The zero-order valence-corrected chi connectivity index (χ0v) is 37.6. The molecule has 0 aliphatic heterocycles. The maximum atomic E-state index is 14.2.